The van der Waals surface area contributed by atoms with Crippen molar-refractivity contribution in [1.82, 2.24) is 10.6 Å². The van der Waals surface area contributed by atoms with Crippen LogP contribution in [-0.2, 0) is 0 Å². The molecule has 0 spiro atoms. The molecule has 0 aliphatic carbocycles. The third-order valence-corrected chi connectivity index (χ3v) is 2.67. The third kappa shape index (κ3) is 10.9. The Balaban J connectivity index is 4.39. The summed E-state index contributed by atoms with van der Waals surface area (Å²) in [6, 6.07) is 0. The number of nitrogens with one attached hydrogen (secondary N) is 2. The summed E-state index contributed by atoms with van der Waals surface area (Å²) in [5.74, 6) is 1.02. The van der Waals surface area contributed by atoms with Gasteiger partial charge in [0, 0.05) is 19.6 Å². The molecule has 0 radical (unpaired) electrons. The lowest BCUT2D eigenvalue weighted by Crippen LogP contribution is -2.39. The Morgan fingerprint density at radius 2 is 1.75 bits per heavy atom. The second-order valence-electron chi connectivity index (χ2n) is 6.25. The first-order chi connectivity index (χ1) is 9.06. The van der Waals surface area contributed by atoms with Crippen LogP contribution < -0.4 is 10.6 Å². The summed E-state index contributed by atoms with van der Waals surface area (Å²) in [6.45, 7) is 11.5. The van der Waals surface area contributed by atoms with E-state index >= 15 is 0 Å². The van der Waals surface area contributed by atoms with Crippen LogP contribution in [0.25, 0.3) is 0 Å². The molecule has 0 saturated carbocycles. The number of rotatable bonds is 7. The molecule has 20 heavy (non-hydrogen) atoms. The van der Waals surface area contributed by atoms with Gasteiger partial charge in [0.1, 0.15) is 0 Å². The highest BCUT2D eigenvalue weighted by molar-refractivity contribution is 5.79. The van der Waals surface area contributed by atoms with Crippen LogP contribution in [-0.4, -0.2) is 31.8 Å². The lowest BCUT2D eigenvalue weighted by molar-refractivity contribution is -0.132. The zero-order chi connectivity index (χ0) is 15.8. The molecule has 0 heterocycles. The van der Waals surface area contributed by atoms with Crippen molar-refractivity contribution in [1.29, 1.82) is 0 Å². The van der Waals surface area contributed by atoms with E-state index in [0.29, 0.717) is 25.0 Å². The first-order valence-corrected chi connectivity index (χ1v) is 7.14. The zero-order valence-corrected chi connectivity index (χ0v) is 13.2. The van der Waals surface area contributed by atoms with E-state index in [2.05, 4.69) is 43.3 Å². The molecule has 0 unspecified atom stereocenters. The largest absolute Gasteiger partial charge is 0.390 e. The summed E-state index contributed by atoms with van der Waals surface area (Å²) in [6.07, 6.45) is -3.97. The minimum absolute atomic E-state index is 0.0422. The highest BCUT2D eigenvalue weighted by Gasteiger charge is 2.26. The van der Waals surface area contributed by atoms with Gasteiger partial charge in [0.15, 0.2) is 5.96 Å². The summed E-state index contributed by atoms with van der Waals surface area (Å²) in [5.41, 5.74) is 0.0422. The summed E-state index contributed by atoms with van der Waals surface area (Å²) < 4.78 is 36.3. The highest BCUT2D eigenvalue weighted by atomic mass is 19.4. The standard InChI is InChI=1S/C14H28F3N3/c1-6-18-12(19-8-7-14(15,16)17)20-10-13(4,5)9-11(2)3/h11H,6-10H2,1-5H3,(H2,18,19,20). The molecule has 0 aromatic carbocycles. The minimum atomic E-state index is -4.14. The number of nitrogens with zero attached hydrogens (tertiary/aromatic N) is 1. The maximum absolute atomic E-state index is 12.1. The summed E-state index contributed by atoms with van der Waals surface area (Å²) in [4.78, 5) is 4.38. The summed E-state index contributed by atoms with van der Waals surface area (Å²) in [7, 11) is 0. The number of aliphatic imine (C=N–C) groups is 1. The van der Waals surface area contributed by atoms with Crippen molar-refractivity contribution in [2.75, 3.05) is 19.6 Å². The van der Waals surface area contributed by atoms with Crippen molar-refractivity contribution in [2.24, 2.45) is 16.3 Å². The lowest BCUT2D eigenvalue weighted by Gasteiger charge is -2.25. The van der Waals surface area contributed by atoms with Gasteiger partial charge in [-0.1, -0.05) is 27.7 Å². The van der Waals surface area contributed by atoms with Crippen LogP contribution in [0.3, 0.4) is 0 Å². The van der Waals surface area contributed by atoms with Crippen molar-refractivity contribution in [3.05, 3.63) is 0 Å². The third-order valence-electron chi connectivity index (χ3n) is 2.67. The maximum atomic E-state index is 12.1. The van der Waals surface area contributed by atoms with Gasteiger partial charge in [-0.2, -0.15) is 13.2 Å². The van der Waals surface area contributed by atoms with Gasteiger partial charge >= 0.3 is 6.18 Å². The number of hydrogen-bond acceptors (Lipinski definition) is 1. The number of alkyl halides is 3. The SMILES string of the molecule is CCNC(=NCC(C)(C)CC(C)C)NCCC(F)(F)F. The van der Waals surface area contributed by atoms with E-state index in [0.717, 1.165) is 6.42 Å². The fraction of sp³-hybridized carbons (Fsp3) is 0.929. The Bertz CT molecular complexity index is 297. The van der Waals surface area contributed by atoms with Crippen LogP contribution in [0.1, 0.15) is 47.5 Å². The van der Waals surface area contributed by atoms with Gasteiger partial charge in [-0.25, -0.2) is 0 Å². The van der Waals surface area contributed by atoms with E-state index in [1.54, 1.807) is 0 Å². The second-order valence-corrected chi connectivity index (χ2v) is 6.25. The Morgan fingerprint density at radius 1 is 1.15 bits per heavy atom. The second kappa shape index (κ2) is 8.37. The van der Waals surface area contributed by atoms with Crippen molar-refractivity contribution in [2.45, 2.75) is 53.6 Å². The molecule has 3 nitrogen and oxygen atoms in total. The molecular weight excluding hydrogens is 267 g/mol. The Hall–Kier alpha value is -0.940. The summed E-state index contributed by atoms with van der Waals surface area (Å²) >= 11 is 0. The molecule has 120 valence electrons. The molecule has 0 amide bonds. The predicted molar refractivity (Wildman–Crippen MR) is 77.9 cm³/mol. The normalized spacial score (nSPS) is 13.8. The van der Waals surface area contributed by atoms with Crippen molar-refractivity contribution in [3.8, 4) is 0 Å². The van der Waals surface area contributed by atoms with Crippen LogP contribution in [0.15, 0.2) is 4.99 Å². The Kier molecular flexibility index (Phi) is 7.98. The first kappa shape index (κ1) is 19.1. The average Bonchev–Trinajstić information content (AvgIpc) is 2.22. The van der Waals surface area contributed by atoms with Crippen LogP contribution in [0, 0.1) is 11.3 Å². The van der Waals surface area contributed by atoms with E-state index in [9.17, 15) is 13.2 Å². The zero-order valence-electron chi connectivity index (χ0n) is 13.2. The van der Waals surface area contributed by atoms with E-state index in [1.165, 1.54) is 0 Å². The maximum Gasteiger partial charge on any atom is 0.390 e. The number of halogens is 3. The van der Waals surface area contributed by atoms with E-state index in [-0.39, 0.29) is 12.0 Å². The van der Waals surface area contributed by atoms with Gasteiger partial charge in [-0.3, -0.25) is 4.99 Å². The van der Waals surface area contributed by atoms with Crippen LogP contribution in [0.5, 0.6) is 0 Å². The topological polar surface area (TPSA) is 36.4 Å². The molecule has 0 rings (SSSR count). The molecule has 0 bridgehead atoms. The lowest BCUT2D eigenvalue weighted by atomic mass is 9.84. The van der Waals surface area contributed by atoms with Gasteiger partial charge < -0.3 is 10.6 Å². The molecule has 0 aliphatic heterocycles. The molecular formula is C14H28F3N3. The van der Waals surface area contributed by atoms with Gasteiger partial charge in [-0.05, 0) is 24.7 Å². The quantitative estimate of drug-likeness (QED) is 0.556. The molecule has 0 aromatic heterocycles. The van der Waals surface area contributed by atoms with Gasteiger partial charge in [0.25, 0.3) is 0 Å². The molecule has 6 heteroatoms. The van der Waals surface area contributed by atoms with Crippen molar-refractivity contribution < 1.29 is 13.2 Å². The molecule has 0 fully saturated rings. The number of guanidine groups is 1. The first-order valence-electron chi connectivity index (χ1n) is 7.14. The van der Waals surface area contributed by atoms with Gasteiger partial charge in [-0.15, -0.1) is 0 Å². The molecule has 0 saturated heterocycles. The van der Waals surface area contributed by atoms with E-state index in [1.807, 2.05) is 6.92 Å². The minimum Gasteiger partial charge on any atom is -0.357 e. The predicted octanol–water partition coefficient (Wildman–Crippen LogP) is 3.57. The van der Waals surface area contributed by atoms with Crippen LogP contribution >= 0.6 is 0 Å². The Labute approximate surface area is 120 Å². The fourth-order valence-corrected chi connectivity index (χ4v) is 2.13. The van der Waals surface area contributed by atoms with E-state index in [4.69, 9.17) is 0 Å². The van der Waals surface area contributed by atoms with Crippen LogP contribution in [0.2, 0.25) is 0 Å². The molecule has 0 aromatic rings. The van der Waals surface area contributed by atoms with Gasteiger partial charge in [0.2, 0.25) is 0 Å². The average molecular weight is 295 g/mol. The van der Waals surface area contributed by atoms with Gasteiger partial charge in [0.05, 0.1) is 6.42 Å². The van der Waals surface area contributed by atoms with E-state index < -0.39 is 12.6 Å². The van der Waals surface area contributed by atoms with Crippen molar-refractivity contribution >= 4 is 5.96 Å². The Morgan fingerprint density at radius 3 is 2.20 bits per heavy atom. The highest BCUT2D eigenvalue weighted by Crippen LogP contribution is 2.25. The fourth-order valence-electron chi connectivity index (χ4n) is 2.13. The molecule has 2 N–H and O–H groups in total. The monoisotopic (exact) mass is 295 g/mol. The molecule has 0 aliphatic rings. The van der Waals surface area contributed by atoms with Crippen molar-refractivity contribution in [3.63, 3.8) is 0 Å². The smallest absolute Gasteiger partial charge is 0.357 e. The number of hydrogen-bond donors (Lipinski definition) is 2. The van der Waals surface area contributed by atoms with Crippen LogP contribution in [0.4, 0.5) is 13.2 Å². The molecule has 0 atom stereocenters. The summed E-state index contributed by atoms with van der Waals surface area (Å²) in [5, 5.41) is 5.69.